The van der Waals surface area contributed by atoms with Gasteiger partial charge in [0.2, 0.25) is 11.8 Å². The highest BCUT2D eigenvalue weighted by Gasteiger charge is 2.39. The third-order valence-electron chi connectivity index (χ3n) is 8.09. The molecular formula is C32H35N5O4. The maximum Gasteiger partial charge on any atom is 0.273 e. The maximum absolute atomic E-state index is 14.2. The number of carbonyl (C=O) groups is 2. The largest absolute Gasteiger partial charge is 0.361 e. The summed E-state index contributed by atoms with van der Waals surface area (Å²) in [6, 6.07) is 19.4. The van der Waals surface area contributed by atoms with Crippen LogP contribution in [-0.2, 0) is 22.4 Å². The molecule has 0 bridgehead atoms. The zero-order chi connectivity index (χ0) is 28.8. The number of nitrogens with one attached hydrogen (secondary N) is 3. The van der Waals surface area contributed by atoms with Crippen LogP contribution in [0, 0.1) is 16.0 Å². The fourth-order valence-electron chi connectivity index (χ4n) is 5.96. The first kappa shape index (κ1) is 28.0. The van der Waals surface area contributed by atoms with Gasteiger partial charge in [0.25, 0.3) is 5.69 Å². The van der Waals surface area contributed by atoms with Crippen LogP contribution in [0.1, 0.15) is 61.9 Å². The summed E-state index contributed by atoms with van der Waals surface area (Å²) in [5.41, 5.74) is 1.44. The summed E-state index contributed by atoms with van der Waals surface area (Å²) in [6.07, 6.45) is 8.96. The topological polar surface area (TPSA) is 130 Å². The first-order valence-electron chi connectivity index (χ1n) is 14.1. The van der Waals surface area contributed by atoms with Crippen molar-refractivity contribution in [2.75, 3.05) is 0 Å². The van der Waals surface area contributed by atoms with E-state index in [2.05, 4.69) is 20.6 Å². The zero-order valence-corrected chi connectivity index (χ0v) is 23.1. The average molecular weight is 554 g/mol. The van der Waals surface area contributed by atoms with E-state index in [0.29, 0.717) is 5.56 Å². The number of H-pyrrole nitrogens is 1. The van der Waals surface area contributed by atoms with Crippen LogP contribution in [0.15, 0.2) is 79.1 Å². The van der Waals surface area contributed by atoms with Gasteiger partial charge in [-0.25, -0.2) is 0 Å². The van der Waals surface area contributed by atoms with E-state index in [-0.39, 0.29) is 36.4 Å². The average Bonchev–Trinajstić information content (AvgIpc) is 3.39. The Morgan fingerprint density at radius 3 is 2.51 bits per heavy atom. The second kappa shape index (κ2) is 12.3. The number of nitro groups is 1. The van der Waals surface area contributed by atoms with E-state index in [4.69, 9.17) is 0 Å². The van der Waals surface area contributed by atoms with Crippen LogP contribution in [0.3, 0.4) is 0 Å². The standard InChI is InChI=1S/C32H35N5O4/c1-32(20-24-21-34-26-15-7-6-14-25(24)26,36-29(38)19-23-13-5-8-17-28(23)37(40)41)31(39)35-30(22-11-3-2-4-12-22)27-16-9-10-18-33-27/h5-10,13-18,21-22,30,34H,2-4,11-12,19-20H2,1H3,(H,35,39)(H,36,38). The molecule has 4 aromatic rings. The molecule has 2 unspecified atom stereocenters. The van der Waals surface area contributed by atoms with Gasteiger partial charge in [0.15, 0.2) is 0 Å². The van der Waals surface area contributed by atoms with Crippen LogP contribution in [0.4, 0.5) is 5.69 Å². The van der Waals surface area contributed by atoms with Gasteiger partial charge in [0.1, 0.15) is 5.54 Å². The van der Waals surface area contributed by atoms with Gasteiger partial charge in [0.05, 0.1) is 23.1 Å². The predicted octanol–water partition coefficient (Wildman–Crippen LogP) is 5.57. The fraction of sp³-hybridized carbons (Fsp3) is 0.344. The third-order valence-corrected chi connectivity index (χ3v) is 8.09. The van der Waals surface area contributed by atoms with E-state index in [1.165, 1.54) is 12.5 Å². The Morgan fingerprint density at radius 1 is 1.02 bits per heavy atom. The lowest BCUT2D eigenvalue weighted by molar-refractivity contribution is -0.385. The monoisotopic (exact) mass is 553 g/mol. The Hall–Kier alpha value is -4.53. The van der Waals surface area contributed by atoms with Gasteiger partial charge < -0.3 is 15.6 Å². The molecule has 1 saturated carbocycles. The first-order chi connectivity index (χ1) is 19.8. The summed E-state index contributed by atoms with van der Waals surface area (Å²) in [5, 5.41) is 18.7. The highest BCUT2D eigenvalue weighted by atomic mass is 16.6. The van der Waals surface area contributed by atoms with E-state index in [0.717, 1.165) is 47.8 Å². The molecule has 0 aliphatic heterocycles. The molecule has 9 nitrogen and oxygen atoms in total. The molecule has 1 fully saturated rings. The number of pyridine rings is 1. The quantitative estimate of drug-likeness (QED) is 0.175. The molecule has 5 rings (SSSR count). The van der Waals surface area contributed by atoms with Gasteiger partial charge in [-0.05, 0) is 49.4 Å². The van der Waals surface area contributed by atoms with Crippen molar-refractivity contribution in [1.82, 2.24) is 20.6 Å². The molecule has 1 aliphatic rings. The van der Waals surface area contributed by atoms with Crippen LogP contribution in [0.2, 0.25) is 0 Å². The molecule has 1 aliphatic carbocycles. The molecule has 0 spiro atoms. The van der Waals surface area contributed by atoms with Crippen molar-refractivity contribution in [1.29, 1.82) is 0 Å². The lowest BCUT2D eigenvalue weighted by Gasteiger charge is -2.35. The molecule has 2 amide bonds. The molecule has 9 heteroatoms. The van der Waals surface area contributed by atoms with Crippen molar-refractivity contribution in [3.63, 3.8) is 0 Å². The molecule has 2 aromatic carbocycles. The number of fused-ring (bicyclic) bond motifs is 1. The number of para-hydroxylation sites is 2. The summed E-state index contributed by atoms with van der Waals surface area (Å²) >= 11 is 0. The summed E-state index contributed by atoms with van der Waals surface area (Å²) in [4.78, 5) is 46.5. The summed E-state index contributed by atoms with van der Waals surface area (Å²) in [5.74, 6) is -0.550. The van der Waals surface area contributed by atoms with Crippen LogP contribution >= 0.6 is 0 Å². The number of rotatable bonds is 10. The Kier molecular flexibility index (Phi) is 8.42. The van der Waals surface area contributed by atoms with Crippen molar-refractivity contribution in [2.24, 2.45) is 5.92 Å². The molecule has 3 N–H and O–H groups in total. The van der Waals surface area contributed by atoms with E-state index < -0.39 is 16.4 Å². The highest BCUT2D eigenvalue weighted by molar-refractivity contribution is 5.93. The smallest absolute Gasteiger partial charge is 0.273 e. The van der Waals surface area contributed by atoms with Gasteiger partial charge in [0, 0.05) is 41.3 Å². The minimum absolute atomic E-state index is 0.127. The third kappa shape index (κ3) is 6.45. The van der Waals surface area contributed by atoms with Gasteiger partial charge in [-0.2, -0.15) is 0 Å². The normalized spacial score (nSPS) is 16.0. The van der Waals surface area contributed by atoms with Crippen molar-refractivity contribution in [2.45, 2.75) is 63.5 Å². The lowest BCUT2D eigenvalue weighted by Crippen LogP contribution is -2.59. The molecular weight excluding hydrogens is 518 g/mol. The molecule has 2 heterocycles. The van der Waals surface area contributed by atoms with Crippen molar-refractivity contribution in [3.8, 4) is 0 Å². The first-order valence-corrected chi connectivity index (χ1v) is 14.1. The van der Waals surface area contributed by atoms with Crippen LogP contribution in [0.25, 0.3) is 10.9 Å². The minimum atomic E-state index is -1.34. The number of aromatic nitrogens is 2. The number of carbonyl (C=O) groups excluding carboxylic acids is 2. The van der Waals surface area contributed by atoms with Crippen LogP contribution in [0.5, 0.6) is 0 Å². The Labute approximate surface area is 238 Å². The summed E-state index contributed by atoms with van der Waals surface area (Å²) in [6.45, 7) is 1.72. The zero-order valence-electron chi connectivity index (χ0n) is 23.1. The molecule has 2 atom stereocenters. The number of nitrogens with zero attached hydrogens (tertiary/aromatic N) is 2. The van der Waals surface area contributed by atoms with Gasteiger partial charge in [-0.1, -0.05) is 61.7 Å². The maximum atomic E-state index is 14.2. The van der Waals surface area contributed by atoms with Crippen LogP contribution in [-0.4, -0.2) is 32.2 Å². The number of hydrogen-bond donors (Lipinski definition) is 3. The lowest BCUT2D eigenvalue weighted by atomic mass is 9.81. The number of benzene rings is 2. The number of hydrogen-bond acceptors (Lipinski definition) is 5. The van der Waals surface area contributed by atoms with Crippen molar-refractivity contribution >= 4 is 28.4 Å². The Bertz CT molecular complexity index is 1530. The van der Waals surface area contributed by atoms with E-state index in [1.54, 1.807) is 31.3 Å². The highest BCUT2D eigenvalue weighted by Crippen LogP contribution is 2.34. The molecule has 212 valence electrons. The Morgan fingerprint density at radius 2 is 1.76 bits per heavy atom. The molecule has 2 aromatic heterocycles. The van der Waals surface area contributed by atoms with E-state index in [1.807, 2.05) is 48.7 Å². The second-order valence-electron chi connectivity index (χ2n) is 11.1. The number of aromatic amines is 1. The number of nitro benzene ring substituents is 1. The summed E-state index contributed by atoms with van der Waals surface area (Å²) < 4.78 is 0. The molecule has 41 heavy (non-hydrogen) atoms. The predicted molar refractivity (Wildman–Crippen MR) is 157 cm³/mol. The van der Waals surface area contributed by atoms with Crippen molar-refractivity contribution in [3.05, 3.63) is 106 Å². The second-order valence-corrected chi connectivity index (χ2v) is 11.1. The van der Waals surface area contributed by atoms with E-state index in [9.17, 15) is 19.7 Å². The van der Waals surface area contributed by atoms with Gasteiger partial charge in [-0.3, -0.25) is 24.7 Å². The molecule has 0 saturated heterocycles. The van der Waals surface area contributed by atoms with Crippen molar-refractivity contribution < 1.29 is 14.5 Å². The van der Waals surface area contributed by atoms with Crippen LogP contribution < -0.4 is 10.6 Å². The number of amides is 2. The van der Waals surface area contributed by atoms with Gasteiger partial charge in [-0.15, -0.1) is 0 Å². The van der Waals surface area contributed by atoms with E-state index >= 15 is 0 Å². The SMILES string of the molecule is CC(Cc1c[nH]c2ccccc12)(NC(=O)Cc1ccccc1[N+](=O)[O-])C(=O)NC(c1ccccn1)C1CCCCC1. The fourth-order valence-corrected chi connectivity index (χ4v) is 5.96. The molecule has 0 radical (unpaired) electrons. The Balaban J connectivity index is 1.45. The van der Waals surface area contributed by atoms with Gasteiger partial charge >= 0.3 is 0 Å². The minimum Gasteiger partial charge on any atom is -0.361 e. The summed E-state index contributed by atoms with van der Waals surface area (Å²) in [7, 11) is 0.